The topological polar surface area (TPSA) is 33.7 Å². The van der Waals surface area contributed by atoms with E-state index in [1.807, 2.05) is 20.0 Å². The summed E-state index contributed by atoms with van der Waals surface area (Å²) in [5.41, 5.74) is 1.27. The van der Waals surface area contributed by atoms with E-state index in [4.69, 9.17) is 9.47 Å². The van der Waals surface area contributed by atoms with E-state index >= 15 is 0 Å². The van der Waals surface area contributed by atoms with Gasteiger partial charge in [-0.2, -0.15) is 0 Å². The van der Waals surface area contributed by atoms with Gasteiger partial charge in [-0.1, -0.05) is 18.2 Å². The number of likely N-dealkylation sites (N-methyl/N-ethyl adjacent to an activating group) is 1. The maximum Gasteiger partial charge on any atom is 0.124 e. The third-order valence-electron chi connectivity index (χ3n) is 4.35. The van der Waals surface area contributed by atoms with Crippen LogP contribution in [0.2, 0.25) is 0 Å². The molecule has 1 aliphatic heterocycles. The van der Waals surface area contributed by atoms with Gasteiger partial charge in [-0.3, -0.25) is 4.90 Å². The molecule has 1 aromatic rings. The zero-order chi connectivity index (χ0) is 14.7. The van der Waals surface area contributed by atoms with Crippen molar-refractivity contribution in [3.8, 4) is 5.75 Å². The quantitative estimate of drug-likeness (QED) is 0.871. The molecule has 1 heterocycles. The second-order valence-electron chi connectivity index (χ2n) is 5.85. The Morgan fingerprint density at radius 2 is 2.14 bits per heavy atom. The summed E-state index contributed by atoms with van der Waals surface area (Å²) in [6, 6.07) is 9.45. The smallest absolute Gasteiger partial charge is 0.124 e. The fourth-order valence-electron chi connectivity index (χ4n) is 3.33. The fraction of sp³-hybridized carbons (Fsp3) is 0.647. The first kappa shape index (κ1) is 14.8. The molecule has 4 nitrogen and oxygen atoms in total. The minimum atomic E-state index is 0.186. The molecule has 21 heavy (non-hydrogen) atoms. The molecule has 3 rings (SSSR count). The van der Waals surface area contributed by atoms with Gasteiger partial charge in [0.15, 0.2) is 0 Å². The van der Waals surface area contributed by atoms with Gasteiger partial charge in [0.2, 0.25) is 0 Å². The van der Waals surface area contributed by atoms with E-state index in [9.17, 15) is 0 Å². The number of ether oxygens (including phenoxy) is 2. The van der Waals surface area contributed by atoms with Gasteiger partial charge in [0, 0.05) is 24.7 Å². The monoisotopic (exact) mass is 290 g/mol. The molecular weight excluding hydrogens is 264 g/mol. The number of para-hydroxylation sites is 1. The van der Waals surface area contributed by atoms with Crippen molar-refractivity contribution in [1.29, 1.82) is 0 Å². The summed E-state index contributed by atoms with van der Waals surface area (Å²) in [4.78, 5) is 2.63. The number of nitrogens with one attached hydrogen (secondary N) is 1. The van der Waals surface area contributed by atoms with Gasteiger partial charge < -0.3 is 14.8 Å². The highest BCUT2D eigenvalue weighted by molar-refractivity contribution is 5.37. The maximum absolute atomic E-state index is 6.07. The van der Waals surface area contributed by atoms with Crippen LogP contribution in [0.5, 0.6) is 5.75 Å². The highest BCUT2D eigenvalue weighted by Crippen LogP contribution is 2.41. The van der Waals surface area contributed by atoms with E-state index in [0.29, 0.717) is 12.6 Å². The van der Waals surface area contributed by atoms with Crippen LogP contribution in [-0.2, 0) is 4.74 Å². The van der Waals surface area contributed by atoms with Gasteiger partial charge in [0.1, 0.15) is 5.75 Å². The second kappa shape index (κ2) is 6.77. The summed E-state index contributed by atoms with van der Waals surface area (Å²) < 4.78 is 11.9. The van der Waals surface area contributed by atoms with Crippen LogP contribution < -0.4 is 10.1 Å². The normalized spacial score (nSPS) is 26.8. The number of hydrogen-bond acceptors (Lipinski definition) is 4. The van der Waals surface area contributed by atoms with Gasteiger partial charge in [-0.05, 0) is 32.9 Å². The van der Waals surface area contributed by atoms with Gasteiger partial charge in [-0.25, -0.2) is 0 Å². The number of hydrogen-bond donors (Lipinski definition) is 1. The van der Waals surface area contributed by atoms with Crippen molar-refractivity contribution in [1.82, 2.24) is 10.2 Å². The van der Waals surface area contributed by atoms with E-state index in [1.165, 1.54) is 18.4 Å². The number of morpholine rings is 1. The van der Waals surface area contributed by atoms with Crippen LogP contribution in [0, 0.1) is 0 Å². The van der Waals surface area contributed by atoms with Crippen molar-refractivity contribution in [3.05, 3.63) is 29.8 Å². The Hall–Kier alpha value is -1.10. The van der Waals surface area contributed by atoms with Gasteiger partial charge in [0.05, 0.1) is 25.4 Å². The van der Waals surface area contributed by atoms with Crippen LogP contribution in [-0.4, -0.2) is 50.4 Å². The summed E-state index contributed by atoms with van der Waals surface area (Å²) in [5.74, 6) is 1.00. The molecule has 0 spiro atoms. The van der Waals surface area contributed by atoms with Crippen LogP contribution >= 0.6 is 0 Å². The predicted octanol–water partition coefficient (Wildman–Crippen LogP) is 2.21. The molecule has 1 aliphatic carbocycles. The summed E-state index contributed by atoms with van der Waals surface area (Å²) in [5, 5.41) is 3.28. The lowest BCUT2D eigenvalue weighted by atomic mass is 9.96. The lowest BCUT2D eigenvalue weighted by Gasteiger charge is -2.42. The minimum absolute atomic E-state index is 0.186. The molecule has 2 aliphatic rings. The molecule has 0 aromatic heterocycles. The number of benzene rings is 1. The number of nitrogens with zero attached hydrogens (tertiary/aromatic N) is 1. The standard InChI is InChI=1S/C17H26N2O2/c1-3-20-15-7-5-4-6-14(15)17-16(12-18-2)21-11-10-19(17)13-8-9-13/h4-7,13,16-18H,3,8-12H2,1-2H3. The molecule has 0 amide bonds. The highest BCUT2D eigenvalue weighted by Gasteiger charge is 2.41. The average Bonchev–Trinajstić information content (AvgIpc) is 3.33. The van der Waals surface area contributed by atoms with Crippen LogP contribution in [0.1, 0.15) is 31.4 Å². The average molecular weight is 290 g/mol. The second-order valence-corrected chi connectivity index (χ2v) is 5.85. The number of rotatable bonds is 6. The summed E-state index contributed by atoms with van der Waals surface area (Å²) >= 11 is 0. The molecule has 2 unspecified atom stereocenters. The van der Waals surface area contributed by atoms with Crippen LogP contribution in [0.25, 0.3) is 0 Å². The predicted molar refractivity (Wildman–Crippen MR) is 83.7 cm³/mol. The minimum Gasteiger partial charge on any atom is -0.494 e. The lowest BCUT2D eigenvalue weighted by Crippen LogP contribution is -2.49. The van der Waals surface area contributed by atoms with Crippen molar-refractivity contribution in [2.45, 2.75) is 38.0 Å². The van der Waals surface area contributed by atoms with Gasteiger partial charge in [0.25, 0.3) is 0 Å². The Labute approximate surface area is 127 Å². The molecule has 1 saturated carbocycles. The Bertz CT molecular complexity index is 460. The van der Waals surface area contributed by atoms with Crippen LogP contribution in [0.15, 0.2) is 24.3 Å². The van der Waals surface area contributed by atoms with E-state index in [0.717, 1.165) is 31.5 Å². The Kier molecular flexibility index (Phi) is 4.78. The summed E-state index contributed by atoms with van der Waals surface area (Å²) in [6.45, 7) is 5.46. The van der Waals surface area contributed by atoms with Crippen molar-refractivity contribution < 1.29 is 9.47 Å². The molecule has 1 N–H and O–H groups in total. The molecule has 4 heteroatoms. The summed E-state index contributed by atoms with van der Waals surface area (Å²) in [7, 11) is 1.99. The molecule has 116 valence electrons. The van der Waals surface area contributed by atoms with Gasteiger partial charge in [-0.15, -0.1) is 0 Å². The van der Waals surface area contributed by atoms with E-state index in [1.54, 1.807) is 0 Å². The summed E-state index contributed by atoms with van der Waals surface area (Å²) in [6.07, 6.45) is 2.82. The van der Waals surface area contributed by atoms with Crippen LogP contribution in [0.4, 0.5) is 0 Å². The zero-order valence-corrected chi connectivity index (χ0v) is 13.0. The van der Waals surface area contributed by atoms with Crippen molar-refractivity contribution in [2.24, 2.45) is 0 Å². The third-order valence-corrected chi connectivity index (χ3v) is 4.35. The van der Waals surface area contributed by atoms with E-state index in [2.05, 4.69) is 28.4 Å². The molecule has 0 bridgehead atoms. The molecular formula is C17H26N2O2. The first-order valence-corrected chi connectivity index (χ1v) is 8.08. The van der Waals surface area contributed by atoms with Crippen molar-refractivity contribution >= 4 is 0 Å². The first-order chi connectivity index (χ1) is 10.3. The fourth-order valence-corrected chi connectivity index (χ4v) is 3.33. The Morgan fingerprint density at radius 1 is 1.33 bits per heavy atom. The van der Waals surface area contributed by atoms with E-state index < -0.39 is 0 Å². The Morgan fingerprint density at radius 3 is 2.86 bits per heavy atom. The van der Waals surface area contributed by atoms with Crippen LogP contribution in [0.3, 0.4) is 0 Å². The largest absolute Gasteiger partial charge is 0.494 e. The van der Waals surface area contributed by atoms with E-state index in [-0.39, 0.29) is 6.10 Å². The third kappa shape index (κ3) is 3.23. The van der Waals surface area contributed by atoms with Crippen molar-refractivity contribution in [3.63, 3.8) is 0 Å². The Balaban J connectivity index is 1.92. The first-order valence-electron chi connectivity index (χ1n) is 8.08. The molecule has 1 saturated heterocycles. The molecule has 0 radical (unpaired) electrons. The maximum atomic E-state index is 6.07. The lowest BCUT2D eigenvalue weighted by molar-refractivity contribution is -0.0746. The SMILES string of the molecule is CCOc1ccccc1C1C(CNC)OCCN1C1CC1. The molecule has 2 atom stereocenters. The van der Waals surface area contributed by atoms with Gasteiger partial charge >= 0.3 is 0 Å². The van der Waals surface area contributed by atoms with Crippen molar-refractivity contribution in [2.75, 3.05) is 33.4 Å². The zero-order valence-electron chi connectivity index (χ0n) is 13.0. The molecule has 1 aromatic carbocycles. The molecule has 2 fully saturated rings. The highest BCUT2D eigenvalue weighted by atomic mass is 16.5.